The van der Waals surface area contributed by atoms with Gasteiger partial charge < -0.3 is 60.2 Å². The van der Waals surface area contributed by atoms with E-state index in [0.29, 0.717) is 5.56 Å². The molecule has 0 aliphatic heterocycles. The zero-order chi connectivity index (χ0) is 45.7. The summed E-state index contributed by atoms with van der Waals surface area (Å²) in [4.78, 5) is 0. The topological polar surface area (TPSA) is 212 Å². The lowest BCUT2D eigenvalue weighted by atomic mass is 9.99. The van der Waals surface area contributed by atoms with Crippen LogP contribution in [0, 0.1) is 0 Å². The molecule has 2 aromatic heterocycles. The molecule has 0 amide bonds. The average molecular weight is 873 g/mol. The monoisotopic (exact) mass is 872 g/mol. The molecule has 0 fully saturated rings. The molecule has 0 saturated heterocycles. The van der Waals surface area contributed by atoms with Crippen LogP contribution in [0.2, 0.25) is 0 Å². The molecule has 10 N–H and O–H groups in total. The van der Waals surface area contributed by atoms with E-state index in [-0.39, 0.29) is 55.0 Å². The summed E-state index contributed by atoms with van der Waals surface area (Å²) in [5.41, 5.74) is 6.41. The summed E-state index contributed by atoms with van der Waals surface area (Å²) in [5, 5.41) is 114. The van der Waals surface area contributed by atoms with E-state index in [4.69, 9.17) is 0 Å². The Morgan fingerprint density at radius 2 is 0.515 bits per heavy atom. The molecular formula is C54H36N2O10. The summed E-state index contributed by atoms with van der Waals surface area (Å²) in [6, 6.07) is 49.1. The highest BCUT2D eigenvalue weighted by atomic mass is 16.4. The van der Waals surface area contributed by atoms with Gasteiger partial charge in [-0.05, 0) is 74.8 Å². The van der Waals surface area contributed by atoms with Gasteiger partial charge in [-0.1, -0.05) is 127 Å². The summed E-state index contributed by atoms with van der Waals surface area (Å²) in [5.74, 6) is -9.74. The second-order valence-corrected chi connectivity index (χ2v) is 16.0. The van der Waals surface area contributed by atoms with Crippen molar-refractivity contribution in [3.05, 3.63) is 158 Å². The smallest absolute Gasteiger partial charge is 0.206 e. The van der Waals surface area contributed by atoms with E-state index in [1.54, 1.807) is 42.5 Å². The molecule has 0 saturated carbocycles. The number of aromatic nitrogens is 2. The SMILES string of the molecule is Oc1c(O)c(O)c2c(c1O)c1c3c4c(O)c(O)c(O)c(O)c4n(-c4cccc(-c5ccc(-c6ccccc6)cc5)c4)c3c(O)c(O)c1n2-c1ccc(-c2cccc(-c3ccccc3)c2)cc1. The van der Waals surface area contributed by atoms with Gasteiger partial charge in [0.1, 0.15) is 22.1 Å². The average Bonchev–Trinajstić information content (AvgIpc) is 3.91. The van der Waals surface area contributed by atoms with E-state index < -0.39 is 57.5 Å². The third-order valence-electron chi connectivity index (χ3n) is 12.4. The van der Waals surface area contributed by atoms with Crippen molar-refractivity contribution in [3.63, 3.8) is 0 Å². The van der Waals surface area contributed by atoms with Crippen molar-refractivity contribution in [1.82, 2.24) is 9.13 Å². The Morgan fingerprint density at radius 3 is 0.985 bits per heavy atom. The third-order valence-corrected chi connectivity index (χ3v) is 12.4. The first-order valence-electron chi connectivity index (χ1n) is 20.7. The molecular weight excluding hydrogens is 837 g/mol. The molecule has 11 rings (SSSR count). The molecule has 0 radical (unpaired) electrons. The Morgan fingerprint density at radius 1 is 0.212 bits per heavy atom. The molecule has 0 unspecified atom stereocenters. The van der Waals surface area contributed by atoms with E-state index in [9.17, 15) is 51.1 Å². The molecule has 0 spiro atoms. The fraction of sp³-hybridized carbons (Fsp3) is 0. The number of rotatable bonds is 6. The molecule has 11 aromatic rings. The number of fused-ring (bicyclic) bond motifs is 7. The Kier molecular flexibility index (Phi) is 8.71. The van der Waals surface area contributed by atoms with Crippen LogP contribution in [0.5, 0.6) is 57.5 Å². The fourth-order valence-electron chi connectivity index (χ4n) is 9.26. The molecule has 2 heterocycles. The van der Waals surface area contributed by atoms with E-state index in [2.05, 4.69) is 0 Å². The number of phenolic OH excluding ortho intramolecular Hbond substituents is 10. The molecule has 12 nitrogen and oxygen atoms in total. The highest BCUT2D eigenvalue weighted by Gasteiger charge is 2.35. The molecule has 66 heavy (non-hydrogen) atoms. The van der Waals surface area contributed by atoms with Crippen molar-refractivity contribution in [3.8, 4) is 113 Å². The van der Waals surface area contributed by atoms with Gasteiger partial charge in [0.2, 0.25) is 23.0 Å². The van der Waals surface area contributed by atoms with Crippen LogP contribution in [0.3, 0.4) is 0 Å². The summed E-state index contributed by atoms with van der Waals surface area (Å²) in [6.45, 7) is 0. The first kappa shape index (κ1) is 39.4. The van der Waals surface area contributed by atoms with Gasteiger partial charge in [0, 0.05) is 22.1 Å². The van der Waals surface area contributed by atoms with Gasteiger partial charge in [0.05, 0.1) is 10.8 Å². The van der Waals surface area contributed by atoms with Crippen LogP contribution in [-0.4, -0.2) is 60.2 Å². The van der Waals surface area contributed by atoms with Crippen molar-refractivity contribution in [1.29, 1.82) is 0 Å². The molecule has 0 aliphatic rings. The standard InChI is InChI=1S/C54H36N2O10/c57-45-39-37-38-40-44(50(62)54(66)52(64)46(40)58)56(36-16-8-15-34(26-36)30-19-17-29(18-20-30)27-9-3-1-4-10-27)42(38)48(60)47(59)41(37)55(43(39)49(61)53(65)51(45)63)35-23-21-31(22-24-35)33-14-7-13-32(25-33)28-11-5-2-6-12-28/h1-26,57-66H. The molecule has 0 bridgehead atoms. The third kappa shape index (κ3) is 5.65. The van der Waals surface area contributed by atoms with Crippen molar-refractivity contribution in [2.45, 2.75) is 0 Å². The minimum Gasteiger partial charge on any atom is -0.504 e. The van der Waals surface area contributed by atoms with Gasteiger partial charge in [-0.3, -0.25) is 0 Å². The first-order chi connectivity index (χ1) is 31.9. The van der Waals surface area contributed by atoms with Crippen LogP contribution in [0.15, 0.2) is 158 Å². The van der Waals surface area contributed by atoms with Gasteiger partial charge >= 0.3 is 0 Å². The predicted molar refractivity (Wildman–Crippen MR) is 254 cm³/mol. The van der Waals surface area contributed by atoms with Crippen LogP contribution >= 0.6 is 0 Å². The maximum atomic E-state index is 12.3. The van der Waals surface area contributed by atoms with Crippen LogP contribution in [0.25, 0.3) is 99.5 Å². The van der Waals surface area contributed by atoms with Gasteiger partial charge in [-0.25, -0.2) is 0 Å². The van der Waals surface area contributed by atoms with Gasteiger partial charge in [-0.2, -0.15) is 0 Å². The number of hydrogen-bond donors (Lipinski definition) is 10. The van der Waals surface area contributed by atoms with E-state index in [0.717, 1.165) is 38.9 Å². The Bertz CT molecular complexity index is 3790. The van der Waals surface area contributed by atoms with E-state index in [1.807, 2.05) is 115 Å². The minimum atomic E-state index is -1.12. The fourth-order valence-corrected chi connectivity index (χ4v) is 9.26. The molecule has 0 atom stereocenters. The highest BCUT2D eigenvalue weighted by molar-refractivity contribution is 6.35. The molecule has 12 heteroatoms. The molecule has 0 aliphatic carbocycles. The van der Waals surface area contributed by atoms with Crippen LogP contribution in [0.4, 0.5) is 0 Å². The summed E-state index contributed by atoms with van der Waals surface area (Å²) < 4.78 is 2.53. The Balaban J connectivity index is 1.20. The number of nitrogens with zero attached hydrogens (tertiary/aromatic N) is 2. The van der Waals surface area contributed by atoms with Crippen molar-refractivity contribution in [2.75, 3.05) is 0 Å². The van der Waals surface area contributed by atoms with Crippen molar-refractivity contribution < 1.29 is 51.1 Å². The maximum absolute atomic E-state index is 12.3. The van der Waals surface area contributed by atoms with Gasteiger partial charge in [-0.15, -0.1) is 0 Å². The van der Waals surface area contributed by atoms with Crippen molar-refractivity contribution in [2.24, 2.45) is 0 Å². The quantitative estimate of drug-likeness (QED) is 0.0564. The summed E-state index contributed by atoms with van der Waals surface area (Å²) in [6.07, 6.45) is 0. The molecule has 322 valence electrons. The minimum absolute atomic E-state index is 0.200. The van der Waals surface area contributed by atoms with Crippen LogP contribution < -0.4 is 0 Å². The normalized spacial score (nSPS) is 11.6. The number of phenols is 10. The first-order valence-corrected chi connectivity index (χ1v) is 20.7. The number of hydrogen-bond acceptors (Lipinski definition) is 10. The Hall–Kier alpha value is -9.42. The lowest BCUT2D eigenvalue weighted by molar-refractivity contribution is 0.350. The van der Waals surface area contributed by atoms with E-state index in [1.165, 1.54) is 9.13 Å². The summed E-state index contributed by atoms with van der Waals surface area (Å²) in [7, 11) is 0. The second kappa shape index (κ2) is 14.6. The Labute approximate surface area is 373 Å². The lowest BCUT2D eigenvalue weighted by Crippen LogP contribution is -1.97. The largest absolute Gasteiger partial charge is 0.504 e. The van der Waals surface area contributed by atoms with Crippen molar-refractivity contribution >= 4 is 43.6 Å². The van der Waals surface area contributed by atoms with Gasteiger partial charge in [0.15, 0.2) is 34.5 Å². The lowest BCUT2D eigenvalue weighted by Gasteiger charge is -2.14. The summed E-state index contributed by atoms with van der Waals surface area (Å²) >= 11 is 0. The van der Waals surface area contributed by atoms with E-state index >= 15 is 0 Å². The maximum Gasteiger partial charge on any atom is 0.206 e. The van der Waals surface area contributed by atoms with Crippen LogP contribution in [0.1, 0.15) is 0 Å². The molecule has 9 aromatic carbocycles. The zero-order valence-electron chi connectivity index (χ0n) is 34.4. The second-order valence-electron chi connectivity index (χ2n) is 16.0. The number of benzene rings is 9. The van der Waals surface area contributed by atoms with Gasteiger partial charge in [0.25, 0.3) is 0 Å². The number of aromatic hydroxyl groups is 10. The zero-order valence-corrected chi connectivity index (χ0v) is 34.4. The highest BCUT2D eigenvalue weighted by Crippen LogP contribution is 2.61. The predicted octanol–water partition coefficient (Wildman–Crippen LogP) is 11.6. The van der Waals surface area contributed by atoms with Crippen LogP contribution in [-0.2, 0) is 0 Å².